The van der Waals surface area contributed by atoms with E-state index < -0.39 is 0 Å². The molecule has 0 amide bonds. The number of hydrogen-bond acceptors (Lipinski definition) is 4. The van der Waals surface area contributed by atoms with Gasteiger partial charge >= 0.3 is 0 Å². The highest BCUT2D eigenvalue weighted by Crippen LogP contribution is 2.42. The first-order chi connectivity index (χ1) is 27.5. The van der Waals surface area contributed by atoms with E-state index in [1.165, 1.54) is 24.3 Å². The lowest BCUT2D eigenvalue weighted by Crippen LogP contribution is -2.09. The topological polar surface area (TPSA) is 32.8 Å². The Morgan fingerprint density at radius 1 is 0.286 bits per heavy atom. The molecule has 6 heteroatoms. The third-order valence-corrected chi connectivity index (χ3v) is 10.7. The van der Waals surface area contributed by atoms with Gasteiger partial charge < -0.3 is 18.6 Å². The van der Waals surface area contributed by atoms with Gasteiger partial charge in [0, 0.05) is 55.7 Å². The summed E-state index contributed by atoms with van der Waals surface area (Å²) in [6, 6.07) is 58.7. The van der Waals surface area contributed by atoms with Crippen molar-refractivity contribution in [2.75, 3.05) is 9.80 Å². The molecular formula is C50H30F2N2O2. The fourth-order valence-electron chi connectivity index (χ4n) is 8.01. The molecule has 0 saturated carbocycles. The van der Waals surface area contributed by atoms with Gasteiger partial charge in [0.1, 0.15) is 34.0 Å². The number of fused-ring (bicyclic) bond motifs is 8. The summed E-state index contributed by atoms with van der Waals surface area (Å²) in [5.41, 5.74) is 8.75. The van der Waals surface area contributed by atoms with Crippen molar-refractivity contribution in [3.63, 3.8) is 0 Å². The first-order valence-corrected chi connectivity index (χ1v) is 18.4. The Hall–Kier alpha value is -7.44. The Morgan fingerprint density at radius 2 is 0.625 bits per heavy atom. The van der Waals surface area contributed by atoms with Crippen LogP contribution in [0.25, 0.3) is 65.4 Å². The van der Waals surface area contributed by atoms with Crippen LogP contribution >= 0.6 is 0 Å². The minimum atomic E-state index is -0.273. The molecule has 266 valence electrons. The smallest absolute Gasteiger partial charge is 0.136 e. The van der Waals surface area contributed by atoms with Crippen molar-refractivity contribution in [2.45, 2.75) is 0 Å². The average Bonchev–Trinajstić information content (AvgIpc) is 3.76. The number of rotatable bonds is 6. The van der Waals surface area contributed by atoms with Crippen molar-refractivity contribution >= 4 is 99.5 Å². The van der Waals surface area contributed by atoms with Gasteiger partial charge in [0.15, 0.2) is 0 Å². The molecule has 0 saturated heterocycles. The summed E-state index contributed by atoms with van der Waals surface area (Å²) < 4.78 is 40.9. The predicted molar refractivity (Wildman–Crippen MR) is 225 cm³/mol. The molecule has 56 heavy (non-hydrogen) atoms. The maximum Gasteiger partial charge on any atom is 0.136 e. The summed E-state index contributed by atoms with van der Waals surface area (Å²) in [7, 11) is 0. The van der Waals surface area contributed by atoms with Crippen molar-refractivity contribution in [2.24, 2.45) is 0 Å². The maximum absolute atomic E-state index is 13.9. The molecule has 0 fully saturated rings. The van der Waals surface area contributed by atoms with Gasteiger partial charge in [0.25, 0.3) is 0 Å². The largest absolute Gasteiger partial charge is 0.456 e. The van der Waals surface area contributed by atoms with Crippen LogP contribution in [0, 0.1) is 11.6 Å². The van der Waals surface area contributed by atoms with Crippen LogP contribution in [0.4, 0.5) is 42.9 Å². The fraction of sp³-hybridized carbons (Fsp3) is 0. The normalized spacial score (nSPS) is 11.8. The zero-order chi connectivity index (χ0) is 37.3. The standard InChI is InChI=1S/C50H30F2N2O2/c51-35-13-19-39(20-14-35)53(37-7-3-1-4-8-37)41-17-11-31-25-43-45-29-50-46(30-49(45)55-47(43)27-33(31)23-41)44-26-32-12-18-42(24-34(32)28-48(44)56-50)54(38-9-5-2-6-10-38)40-21-15-36(52)16-22-40/h1-30H. The summed E-state index contributed by atoms with van der Waals surface area (Å²) in [5.74, 6) is -0.546. The second kappa shape index (κ2) is 12.6. The molecule has 0 unspecified atom stereocenters. The summed E-state index contributed by atoms with van der Waals surface area (Å²) in [5, 5.41) is 8.21. The average molecular weight is 729 g/mol. The van der Waals surface area contributed by atoms with Crippen LogP contribution in [0.15, 0.2) is 191 Å². The highest BCUT2D eigenvalue weighted by Gasteiger charge is 2.18. The van der Waals surface area contributed by atoms with Crippen molar-refractivity contribution < 1.29 is 17.6 Å². The summed E-state index contributed by atoms with van der Waals surface area (Å²) >= 11 is 0. The Morgan fingerprint density at radius 3 is 1.04 bits per heavy atom. The molecule has 0 aliphatic carbocycles. The molecule has 0 aliphatic heterocycles. The van der Waals surface area contributed by atoms with E-state index in [9.17, 15) is 8.78 Å². The highest BCUT2D eigenvalue weighted by molar-refractivity contribution is 6.18. The first-order valence-electron chi connectivity index (χ1n) is 18.4. The Labute approximate surface area is 319 Å². The summed E-state index contributed by atoms with van der Waals surface area (Å²) in [4.78, 5) is 4.24. The zero-order valence-electron chi connectivity index (χ0n) is 29.8. The number of para-hydroxylation sites is 2. The lowest BCUT2D eigenvalue weighted by atomic mass is 10.0. The van der Waals surface area contributed by atoms with E-state index in [0.717, 1.165) is 99.5 Å². The van der Waals surface area contributed by atoms with E-state index in [1.54, 1.807) is 24.3 Å². The first kappa shape index (κ1) is 32.0. The molecule has 11 aromatic rings. The minimum Gasteiger partial charge on any atom is -0.456 e. The van der Waals surface area contributed by atoms with Crippen molar-refractivity contribution in [3.8, 4) is 0 Å². The van der Waals surface area contributed by atoms with Crippen LogP contribution in [0.5, 0.6) is 0 Å². The third-order valence-electron chi connectivity index (χ3n) is 10.7. The molecule has 0 radical (unpaired) electrons. The summed E-state index contributed by atoms with van der Waals surface area (Å²) in [6.07, 6.45) is 0. The van der Waals surface area contributed by atoms with E-state index in [0.29, 0.717) is 0 Å². The molecule has 2 aromatic heterocycles. The molecule has 4 nitrogen and oxygen atoms in total. The molecule has 2 heterocycles. The summed E-state index contributed by atoms with van der Waals surface area (Å²) in [6.45, 7) is 0. The Balaban J connectivity index is 1.00. The molecule has 11 rings (SSSR count). The number of benzene rings is 9. The van der Waals surface area contributed by atoms with E-state index in [4.69, 9.17) is 8.83 Å². The van der Waals surface area contributed by atoms with Crippen LogP contribution in [0.2, 0.25) is 0 Å². The Kier molecular flexibility index (Phi) is 7.19. The van der Waals surface area contributed by atoms with Gasteiger partial charge in [-0.05, 0) is 155 Å². The number of furan rings is 2. The molecule has 0 N–H and O–H groups in total. The molecule has 9 aromatic carbocycles. The molecule has 0 spiro atoms. The molecule has 0 aliphatic rings. The highest BCUT2D eigenvalue weighted by atomic mass is 19.1. The number of anilines is 6. The molecule has 0 bridgehead atoms. The van der Waals surface area contributed by atoms with Gasteiger partial charge in [-0.3, -0.25) is 0 Å². The Bertz CT molecular complexity index is 3040. The second-order valence-corrected chi connectivity index (χ2v) is 14.1. The van der Waals surface area contributed by atoms with Gasteiger partial charge in [-0.1, -0.05) is 48.5 Å². The fourth-order valence-corrected chi connectivity index (χ4v) is 8.01. The van der Waals surface area contributed by atoms with Gasteiger partial charge in [-0.2, -0.15) is 0 Å². The predicted octanol–water partition coefficient (Wildman–Crippen LogP) is 15.0. The molecule has 0 atom stereocenters. The van der Waals surface area contributed by atoms with Crippen LogP contribution in [-0.2, 0) is 0 Å². The van der Waals surface area contributed by atoms with E-state index >= 15 is 0 Å². The van der Waals surface area contributed by atoms with Crippen LogP contribution in [0.3, 0.4) is 0 Å². The van der Waals surface area contributed by atoms with E-state index in [1.807, 2.05) is 60.7 Å². The van der Waals surface area contributed by atoms with Gasteiger partial charge in [-0.25, -0.2) is 8.78 Å². The van der Waals surface area contributed by atoms with Gasteiger partial charge in [0.2, 0.25) is 0 Å². The van der Waals surface area contributed by atoms with Crippen LogP contribution in [-0.4, -0.2) is 0 Å². The van der Waals surface area contributed by atoms with Crippen molar-refractivity contribution in [1.82, 2.24) is 0 Å². The van der Waals surface area contributed by atoms with Crippen LogP contribution in [0.1, 0.15) is 0 Å². The third kappa shape index (κ3) is 5.34. The zero-order valence-corrected chi connectivity index (χ0v) is 29.8. The second-order valence-electron chi connectivity index (χ2n) is 14.1. The van der Waals surface area contributed by atoms with Crippen LogP contribution < -0.4 is 9.80 Å². The minimum absolute atomic E-state index is 0.273. The van der Waals surface area contributed by atoms with Gasteiger partial charge in [0.05, 0.1) is 0 Å². The molecular weight excluding hydrogens is 699 g/mol. The lowest BCUT2D eigenvalue weighted by molar-refractivity contribution is 0.627. The lowest BCUT2D eigenvalue weighted by Gasteiger charge is -2.25. The van der Waals surface area contributed by atoms with Crippen molar-refractivity contribution in [1.29, 1.82) is 0 Å². The number of halogens is 2. The SMILES string of the molecule is Fc1ccc(N(c2ccccc2)c2ccc3cc4c(cc3c2)oc2cc3c(cc24)oc2cc4cc(N(c5ccccc5)c5ccc(F)cc5)ccc4cc23)cc1. The van der Waals surface area contributed by atoms with Crippen molar-refractivity contribution in [3.05, 3.63) is 194 Å². The van der Waals surface area contributed by atoms with Gasteiger partial charge in [-0.15, -0.1) is 0 Å². The van der Waals surface area contributed by atoms with E-state index in [-0.39, 0.29) is 11.6 Å². The monoisotopic (exact) mass is 728 g/mol. The maximum atomic E-state index is 13.9. The van der Waals surface area contributed by atoms with E-state index in [2.05, 4.69) is 82.6 Å². The number of nitrogens with zero attached hydrogens (tertiary/aromatic N) is 2. The number of hydrogen-bond donors (Lipinski definition) is 0. The quantitative estimate of drug-likeness (QED) is 0.171.